The maximum Gasteiger partial charge on any atom is 0.321 e. The number of hydrogen-bond acceptors (Lipinski definition) is 2. The molecular weight excluding hydrogens is 252 g/mol. The number of carbonyl (C=O) groups excluding carboxylic acids is 1. The van der Waals surface area contributed by atoms with Gasteiger partial charge in [0.25, 0.3) is 0 Å². The van der Waals surface area contributed by atoms with Crippen LogP contribution in [0.2, 0.25) is 0 Å². The van der Waals surface area contributed by atoms with Gasteiger partial charge in [-0.2, -0.15) is 0 Å². The Morgan fingerprint density at radius 1 is 1.35 bits per heavy atom. The lowest BCUT2D eigenvalue weighted by Gasteiger charge is -2.23. The number of rotatable bonds is 4. The number of carbonyl (C=O) groups is 1. The number of nitrogens with zero attached hydrogens (tertiary/aromatic N) is 1. The molecule has 1 fully saturated rings. The Balaban J connectivity index is 1.86. The Kier molecular flexibility index (Phi) is 5.01. The summed E-state index contributed by atoms with van der Waals surface area (Å²) in [5.74, 6) is 0.216. The van der Waals surface area contributed by atoms with E-state index in [-0.39, 0.29) is 18.1 Å². The Labute approximate surface area is 120 Å². The number of anilines is 1. The summed E-state index contributed by atoms with van der Waals surface area (Å²) in [4.78, 5) is 13.8. The number of aryl methyl sites for hydroxylation is 1. The van der Waals surface area contributed by atoms with Crippen LogP contribution in [0.4, 0.5) is 10.5 Å². The molecule has 2 unspecified atom stereocenters. The molecule has 1 aromatic rings. The third-order valence-corrected chi connectivity index (χ3v) is 4.09. The van der Waals surface area contributed by atoms with E-state index < -0.39 is 0 Å². The van der Waals surface area contributed by atoms with Gasteiger partial charge in [-0.15, -0.1) is 0 Å². The quantitative estimate of drug-likeness (QED) is 0.888. The van der Waals surface area contributed by atoms with Gasteiger partial charge >= 0.3 is 6.03 Å². The molecule has 0 radical (unpaired) electrons. The van der Waals surface area contributed by atoms with E-state index in [0.717, 1.165) is 31.4 Å². The Hall–Kier alpha value is -1.55. The smallest absolute Gasteiger partial charge is 0.321 e. The lowest BCUT2D eigenvalue weighted by molar-refractivity contribution is 0.116. The van der Waals surface area contributed by atoms with Gasteiger partial charge in [0.15, 0.2) is 0 Å². The van der Waals surface area contributed by atoms with Gasteiger partial charge < -0.3 is 15.3 Å². The number of amides is 2. The van der Waals surface area contributed by atoms with E-state index in [9.17, 15) is 9.90 Å². The van der Waals surface area contributed by atoms with Crippen LogP contribution in [0.1, 0.15) is 31.7 Å². The highest BCUT2D eigenvalue weighted by atomic mass is 16.3. The fraction of sp³-hybridized carbons (Fsp3) is 0.562. The molecule has 2 atom stereocenters. The number of nitrogens with one attached hydrogen (secondary N) is 1. The van der Waals surface area contributed by atoms with E-state index in [4.69, 9.17) is 0 Å². The summed E-state index contributed by atoms with van der Waals surface area (Å²) in [7, 11) is 1.78. The molecule has 1 aliphatic carbocycles. The number of aliphatic hydroxyl groups excluding tert-OH is 1. The van der Waals surface area contributed by atoms with Crippen molar-refractivity contribution in [2.24, 2.45) is 5.92 Å². The molecule has 1 aromatic carbocycles. The maximum atomic E-state index is 12.1. The van der Waals surface area contributed by atoms with Crippen LogP contribution in [0.15, 0.2) is 24.3 Å². The minimum absolute atomic E-state index is 0.117. The van der Waals surface area contributed by atoms with E-state index in [0.29, 0.717) is 6.54 Å². The van der Waals surface area contributed by atoms with E-state index in [1.807, 2.05) is 24.3 Å². The molecule has 20 heavy (non-hydrogen) atoms. The van der Waals surface area contributed by atoms with Gasteiger partial charge in [-0.05, 0) is 37.0 Å². The average molecular weight is 276 g/mol. The molecule has 4 nitrogen and oxygen atoms in total. The van der Waals surface area contributed by atoms with Crippen LogP contribution in [-0.2, 0) is 6.42 Å². The van der Waals surface area contributed by atoms with E-state index in [1.54, 1.807) is 11.9 Å². The van der Waals surface area contributed by atoms with Crippen LogP contribution in [0.3, 0.4) is 0 Å². The number of benzene rings is 1. The lowest BCUT2D eigenvalue weighted by atomic mass is 10.1. The maximum absolute atomic E-state index is 12.1. The van der Waals surface area contributed by atoms with Crippen molar-refractivity contribution in [2.75, 3.05) is 18.9 Å². The molecule has 2 rings (SSSR count). The third-order valence-electron chi connectivity index (χ3n) is 4.09. The van der Waals surface area contributed by atoms with Gasteiger partial charge in [-0.25, -0.2) is 4.79 Å². The van der Waals surface area contributed by atoms with E-state index in [1.165, 1.54) is 5.56 Å². The summed E-state index contributed by atoms with van der Waals surface area (Å²) in [5.41, 5.74) is 2.07. The first-order valence-electron chi connectivity index (χ1n) is 7.39. The van der Waals surface area contributed by atoms with E-state index >= 15 is 0 Å². The molecule has 1 aliphatic rings. The molecule has 0 bridgehead atoms. The largest absolute Gasteiger partial charge is 0.393 e. The summed E-state index contributed by atoms with van der Waals surface area (Å²) in [6.07, 6.45) is 3.66. The Morgan fingerprint density at radius 2 is 2.05 bits per heavy atom. The van der Waals surface area contributed by atoms with Crippen molar-refractivity contribution in [2.45, 2.75) is 38.7 Å². The van der Waals surface area contributed by atoms with Gasteiger partial charge in [0.05, 0.1) is 6.10 Å². The molecular formula is C16H24N2O2. The molecule has 1 saturated carbocycles. The van der Waals surface area contributed by atoms with Gasteiger partial charge in [-0.3, -0.25) is 0 Å². The predicted octanol–water partition coefficient (Wildman–Crippen LogP) is 2.87. The summed E-state index contributed by atoms with van der Waals surface area (Å²) >= 11 is 0. The third kappa shape index (κ3) is 3.73. The topological polar surface area (TPSA) is 52.6 Å². The molecule has 0 saturated heterocycles. The van der Waals surface area contributed by atoms with Gasteiger partial charge in [0.1, 0.15) is 0 Å². The van der Waals surface area contributed by atoms with Crippen molar-refractivity contribution in [3.05, 3.63) is 29.8 Å². The highest BCUT2D eigenvalue weighted by Crippen LogP contribution is 2.26. The van der Waals surface area contributed by atoms with Crippen molar-refractivity contribution in [3.8, 4) is 0 Å². The highest BCUT2D eigenvalue weighted by Gasteiger charge is 2.27. The predicted molar refractivity (Wildman–Crippen MR) is 80.8 cm³/mol. The first-order chi connectivity index (χ1) is 9.60. The highest BCUT2D eigenvalue weighted by molar-refractivity contribution is 5.89. The van der Waals surface area contributed by atoms with Crippen LogP contribution in [-0.4, -0.2) is 35.7 Å². The molecule has 0 aliphatic heterocycles. The van der Waals surface area contributed by atoms with Crippen LogP contribution in [0.5, 0.6) is 0 Å². The van der Waals surface area contributed by atoms with Crippen LogP contribution >= 0.6 is 0 Å². The minimum Gasteiger partial charge on any atom is -0.393 e. The average Bonchev–Trinajstić information content (AvgIpc) is 2.85. The molecule has 4 heteroatoms. The number of urea groups is 1. The summed E-state index contributed by atoms with van der Waals surface area (Å²) in [6, 6.07) is 7.78. The zero-order chi connectivity index (χ0) is 14.5. The fourth-order valence-electron chi connectivity index (χ4n) is 2.71. The zero-order valence-corrected chi connectivity index (χ0v) is 12.3. The summed E-state index contributed by atoms with van der Waals surface area (Å²) in [6.45, 7) is 2.72. The first-order valence-corrected chi connectivity index (χ1v) is 7.39. The Bertz CT molecular complexity index is 444. The van der Waals surface area contributed by atoms with Crippen molar-refractivity contribution >= 4 is 11.7 Å². The van der Waals surface area contributed by atoms with Crippen molar-refractivity contribution in [1.29, 1.82) is 0 Å². The van der Waals surface area contributed by atoms with Crippen molar-refractivity contribution in [1.82, 2.24) is 4.90 Å². The fourth-order valence-corrected chi connectivity index (χ4v) is 2.71. The number of aliphatic hydroxyl groups is 1. The second-order valence-corrected chi connectivity index (χ2v) is 5.62. The van der Waals surface area contributed by atoms with Gasteiger partial charge in [0.2, 0.25) is 0 Å². The van der Waals surface area contributed by atoms with Crippen molar-refractivity contribution in [3.63, 3.8) is 0 Å². The van der Waals surface area contributed by atoms with Gasteiger partial charge in [-0.1, -0.05) is 25.5 Å². The summed E-state index contributed by atoms with van der Waals surface area (Å²) in [5, 5.41) is 12.7. The normalized spacial score (nSPS) is 21.8. The van der Waals surface area contributed by atoms with Crippen LogP contribution in [0, 0.1) is 5.92 Å². The van der Waals surface area contributed by atoms with Crippen LogP contribution in [0.25, 0.3) is 0 Å². The molecule has 0 heterocycles. The van der Waals surface area contributed by atoms with Crippen molar-refractivity contribution < 1.29 is 9.90 Å². The SMILES string of the molecule is CCc1ccc(NC(=O)N(C)CC2CCCC2O)cc1. The molecule has 0 aromatic heterocycles. The summed E-state index contributed by atoms with van der Waals surface area (Å²) < 4.78 is 0. The van der Waals surface area contributed by atoms with Crippen LogP contribution < -0.4 is 5.32 Å². The lowest BCUT2D eigenvalue weighted by Crippen LogP contribution is -2.37. The monoisotopic (exact) mass is 276 g/mol. The van der Waals surface area contributed by atoms with E-state index in [2.05, 4.69) is 12.2 Å². The second-order valence-electron chi connectivity index (χ2n) is 5.62. The molecule has 110 valence electrons. The minimum atomic E-state index is -0.255. The molecule has 2 amide bonds. The Morgan fingerprint density at radius 3 is 2.60 bits per heavy atom. The standard InChI is InChI=1S/C16H24N2O2/c1-3-12-7-9-14(10-8-12)17-16(20)18(2)11-13-5-4-6-15(13)19/h7-10,13,15,19H,3-6,11H2,1-2H3,(H,17,20). The first kappa shape index (κ1) is 14.9. The van der Waals surface area contributed by atoms with Gasteiger partial charge in [0, 0.05) is 25.2 Å². The molecule has 0 spiro atoms. The second kappa shape index (κ2) is 6.75. The number of hydrogen-bond donors (Lipinski definition) is 2. The molecule has 2 N–H and O–H groups in total. The zero-order valence-electron chi connectivity index (χ0n) is 12.3.